The van der Waals surface area contributed by atoms with Crippen molar-refractivity contribution >= 4 is 27.5 Å². The third-order valence-electron chi connectivity index (χ3n) is 6.40. The van der Waals surface area contributed by atoms with E-state index in [4.69, 9.17) is 4.74 Å². The van der Waals surface area contributed by atoms with Crippen LogP contribution >= 0.6 is 0 Å². The average Bonchev–Trinajstić information content (AvgIpc) is 2.83. The fourth-order valence-corrected chi connectivity index (χ4v) is 4.83. The highest BCUT2D eigenvalue weighted by molar-refractivity contribution is 7.92. The van der Waals surface area contributed by atoms with Crippen molar-refractivity contribution in [3.63, 3.8) is 0 Å². The third kappa shape index (κ3) is 7.46. The molecule has 1 N–H and O–H groups in total. The van der Waals surface area contributed by atoms with E-state index in [0.29, 0.717) is 17.9 Å². The van der Waals surface area contributed by atoms with E-state index in [1.807, 2.05) is 52.8 Å². The molecule has 0 unspecified atom stereocenters. The lowest BCUT2D eigenvalue weighted by atomic mass is 10.1. The zero-order valence-corrected chi connectivity index (χ0v) is 23.2. The summed E-state index contributed by atoms with van der Waals surface area (Å²) in [4.78, 5) is 28.5. The standard InChI is InChI=1S/C27H39N3O5S/c1-8-20(4)28-27(32)24(9-2)29(17-22-13-11-14-23(16-22)35-6)26(31)18-30(36(7,33)34)25-15-10-12-19(3)21(25)5/h10-16,20,24H,8-9,17-18H2,1-7H3,(H,28,32)/t20-,24+/m1/s1. The van der Waals surface area contributed by atoms with Crippen molar-refractivity contribution in [2.45, 2.75) is 66.1 Å². The van der Waals surface area contributed by atoms with Crippen molar-refractivity contribution in [3.05, 3.63) is 59.2 Å². The highest BCUT2D eigenvalue weighted by Crippen LogP contribution is 2.26. The summed E-state index contributed by atoms with van der Waals surface area (Å²) >= 11 is 0. The smallest absolute Gasteiger partial charge is 0.244 e. The van der Waals surface area contributed by atoms with E-state index < -0.39 is 28.5 Å². The molecule has 0 fully saturated rings. The number of ether oxygens (including phenoxy) is 1. The van der Waals surface area contributed by atoms with Crippen molar-refractivity contribution in [2.75, 3.05) is 24.2 Å². The predicted molar refractivity (Wildman–Crippen MR) is 144 cm³/mol. The van der Waals surface area contributed by atoms with Crippen LogP contribution in [0.1, 0.15) is 50.3 Å². The second-order valence-corrected chi connectivity index (χ2v) is 11.0. The Bertz CT molecular complexity index is 1170. The molecule has 2 aromatic rings. The number of nitrogens with one attached hydrogen (secondary N) is 1. The number of methoxy groups -OCH3 is 1. The predicted octanol–water partition coefficient (Wildman–Crippen LogP) is 3.80. The van der Waals surface area contributed by atoms with Crippen LogP contribution in [-0.4, -0.2) is 57.1 Å². The summed E-state index contributed by atoms with van der Waals surface area (Å²) in [6, 6.07) is 11.8. The van der Waals surface area contributed by atoms with Crippen molar-refractivity contribution < 1.29 is 22.7 Å². The number of benzene rings is 2. The largest absolute Gasteiger partial charge is 0.497 e. The molecule has 8 nitrogen and oxygen atoms in total. The summed E-state index contributed by atoms with van der Waals surface area (Å²) in [6.45, 7) is 9.15. The van der Waals surface area contributed by atoms with Gasteiger partial charge in [-0.3, -0.25) is 13.9 Å². The summed E-state index contributed by atoms with van der Waals surface area (Å²) in [5, 5.41) is 2.97. The topological polar surface area (TPSA) is 96.0 Å². The summed E-state index contributed by atoms with van der Waals surface area (Å²) in [6.07, 6.45) is 2.21. The summed E-state index contributed by atoms with van der Waals surface area (Å²) < 4.78 is 32.1. The minimum absolute atomic E-state index is 0.0530. The Kier molecular flexibility index (Phi) is 10.3. The van der Waals surface area contributed by atoms with E-state index in [1.54, 1.807) is 31.4 Å². The monoisotopic (exact) mass is 517 g/mol. The molecule has 36 heavy (non-hydrogen) atoms. The fraction of sp³-hybridized carbons (Fsp3) is 0.481. The second-order valence-electron chi connectivity index (χ2n) is 9.10. The lowest BCUT2D eigenvalue weighted by Gasteiger charge is -2.33. The van der Waals surface area contributed by atoms with Crippen LogP contribution in [0.15, 0.2) is 42.5 Å². The van der Waals surface area contributed by atoms with E-state index in [9.17, 15) is 18.0 Å². The minimum Gasteiger partial charge on any atom is -0.497 e. The maximum Gasteiger partial charge on any atom is 0.244 e. The van der Waals surface area contributed by atoms with Crippen molar-refractivity contribution in [1.82, 2.24) is 10.2 Å². The second kappa shape index (κ2) is 12.8. The van der Waals surface area contributed by atoms with Crippen molar-refractivity contribution in [3.8, 4) is 5.75 Å². The van der Waals surface area contributed by atoms with E-state index in [0.717, 1.165) is 33.7 Å². The third-order valence-corrected chi connectivity index (χ3v) is 7.52. The van der Waals surface area contributed by atoms with Gasteiger partial charge in [-0.1, -0.05) is 38.1 Å². The van der Waals surface area contributed by atoms with E-state index in [-0.39, 0.29) is 18.5 Å². The molecule has 0 aliphatic rings. The molecule has 2 aromatic carbocycles. The molecule has 0 bridgehead atoms. The van der Waals surface area contributed by atoms with Gasteiger partial charge in [-0.05, 0) is 68.5 Å². The normalized spacial score (nSPS) is 13.0. The van der Waals surface area contributed by atoms with Gasteiger partial charge in [-0.25, -0.2) is 8.42 Å². The number of carbonyl (C=O) groups is 2. The molecule has 0 aromatic heterocycles. The summed E-state index contributed by atoms with van der Waals surface area (Å²) in [7, 11) is -2.22. The molecule has 0 saturated carbocycles. The first-order chi connectivity index (χ1) is 16.9. The van der Waals surface area contributed by atoms with Crippen LogP contribution < -0.4 is 14.4 Å². The van der Waals surface area contributed by atoms with Gasteiger partial charge in [-0.2, -0.15) is 0 Å². The molecule has 0 spiro atoms. The maximum atomic E-state index is 13.8. The molecular weight excluding hydrogens is 478 g/mol. The lowest BCUT2D eigenvalue weighted by molar-refractivity contribution is -0.140. The van der Waals surface area contributed by atoms with Crippen LogP contribution in [0.25, 0.3) is 0 Å². The number of amides is 2. The van der Waals surface area contributed by atoms with Gasteiger partial charge < -0.3 is 15.0 Å². The molecule has 2 amide bonds. The number of aryl methyl sites for hydroxylation is 1. The fourth-order valence-electron chi connectivity index (χ4n) is 3.93. The van der Waals surface area contributed by atoms with Crippen LogP contribution in [0.4, 0.5) is 5.69 Å². The molecule has 0 saturated heterocycles. The number of anilines is 1. The van der Waals surface area contributed by atoms with Gasteiger partial charge in [0.15, 0.2) is 0 Å². The first kappa shape index (κ1) is 29.2. The van der Waals surface area contributed by atoms with Crippen LogP contribution in [0, 0.1) is 13.8 Å². The number of hydrogen-bond donors (Lipinski definition) is 1. The molecule has 0 aliphatic carbocycles. The number of rotatable bonds is 12. The molecule has 0 aliphatic heterocycles. The Balaban J connectivity index is 2.50. The quantitative estimate of drug-likeness (QED) is 0.462. The van der Waals surface area contributed by atoms with Gasteiger partial charge in [0.2, 0.25) is 21.8 Å². The number of hydrogen-bond acceptors (Lipinski definition) is 5. The van der Waals surface area contributed by atoms with Gasteiger partial charge in [0, 0.05) is 12.6 Å². The number of carbonyl (C=O) groups excluding carboxylic acids is 2. The van der Waals surface area contributed by atoms with Gasteiger partial charge in [0.1, 0.15) is 18.3 Å². The first-order valence-corrected chi connectivity index (χ1v) is 14.0. The highest BCUT2D eigenvalue weighted by Gasteiger charge is 2.32. The van der Waals surface area contributed by atoms with Crippen LogP contribution in [0.3, 0.4) is 0 Å². The zero-order chi connectivity index (χ0) is 27.0. The Hall–Kier alpha value is -3.07. The van der Waals surface area contributed by atoms with E-state index >= 15 is 0 Å². The molecular formula is C27H39N3O5S. The molecule has 0 heterocycles. The molecule has 2 rings (SSSR count). The Morgan fingerprint density at radius 2 is 1.72 bits per heavy atom. The SMILES string of the molecule is CC[C@@H](C)NC(=O)[C@H](CC)N(Cc1cccc(OC)c1)C(=O)CN(c1cccc(C)c1C)S(C)(=O)=O. The van der Waals surface area contributed by atoms with Gasteiger partial charge in [0.25, 0.3) is 0 Å². The zero-order valence-electron chi connectivity index (χ0n) is 22.4. The van der Waals surface area contributed by atoms with Crippen LogP contribution in [0.5, 0.6) is 5.75 Å². The Morgan fingerprint density at radius 3 is 2.31 bits per heavy atom. The minimum atomic E-state index is -3.78. The van der Waals surface area contributed by atoms with Crippen molar-refractivity contribution in [1.29, 1.82) is 0 Å². The lowest BCUT2D eigenvalue weighted by Crippen LogP contribution is -2.53. The molecule has 198 valence electrons. The molecule has 0 radical (unpaired) electrons. The Labute approximate surface area is 215 Å². The summed E-state index contributed by atoms with van der Waals surface area (Å²) in [5.41, 5.74) is 2.91. The Morgan fingerprint density at radius 1 is 1.06 bits per heavy atom. The van der Waals surface area contributed by atoms with Crippen LogP contribution in [0.2, 0.25) is 0 Å². The average molecular weight is 518 g/mol. The van der Waals surface area contributed by atoms with E-state index in [2.05, 4.69) is 5.32 Å². The maximum absolute atomic E-state index is 13.8. The molecule has 9 heteroatoms. The highest BCUT2D eigenvalue weighted by atomic mass is 32.2. The number of sulfonamides is 1. The molecule has 2 atom stereocenters. The first-order valence-electron chi connectivity index (χ1n) is 12.2. The summed E-state index contributed by atoms with van der Waals surface area (Å²) in [5.74, 6) is -0.0961. The van der Waals surface area contributed by atoms with Crippen LogP contribution in [-0.2, 0) is 26.2 Å². The van der Waals surface area contributed by atoms with Crippen molar-refractivity contribution in [2.24, 2.45) is 0 Å². The van der Waals surface area contributed by atoms with Gasteiger partial charge >= 0.3 is 0 Å². The van der Waals surface area contributed by atoms with E-state index in [1.165, 1.54) is 4.90 Å². The van der Waals surface area contributed by atoms with Gasteiger partial charge in [-0.15, -0.1) is 0 Å². The number of nitrogens with zero attached hydrogens (tertiary/aromatic N) is 2. The van der Waals surface area contributed by atoms with Gasteiger partial charge in [0.05, 0.1) is 19.1 Å².